The van der Waals surface area contributed by atoms with Gasteiger partial charge >= 0.3 is 18.9 Å². The first-order chi connectivity index (χ1) is 14.3. The Kier molecular flexibility index (Phi) is 7.92. The van der Waals surface area contributed by atoms with Gasteiger partial charge in [0.2, 0.25) is 0 Å². The summed E-state index contributed by atoms with van der Waals surface area (Å²) in [7, 11) is 0. The zero-order valence-electron chi connectivity index (χ0n) is 18.0. The summed E-state index contributed by atoms with van der Waals surface area (Å²) >= 11 is 0. The molecule has 0 amide bonds. The van der Waals surface area contributed by atoms with E-state index in [1.54, 1.807) is 0 Å². The van der Waals surface area contributed by atoms with Gasteiger partial charge in [-0.25, -0.2) is 6.92 Å². The third-order valence-electron chi connectivity index (χ3n) is 6.02. The minimum atomic E-state index is -0.702. The number of allylic oxidation sites excluding steroid dienone is 2. The van der Waals surface area contributed by atoms with Gasteiger partial charge < -0.3 is 4.74 Å². The molecule has 0 unspecified atom stereocenters. The summed E-state index contributed by atoms with van der Waals surface area (Å²) in [6.45, 7) is 4.11. The predicted molar refractivity (Wildman–Crippen MR) is 120 cm³/mol. The topological polar surface area (TPSA) is 9.23 Å². The number of hydrogen-bond donors (Lipinski definition) is 0. The molecule has 3 aromatic rings. The first-order valence-corrected chi connectivity index (χ1v) is 10.7. The molecule has 1 saturated carbocycles. The molecule has 1 aliphatic rings. The molecule has 148 valence electrons. The molecule has 0 aromatic heterocycles. The SMILES string of the molecule is [CH2-]C=C(CC1CCCC1)OC(c1ccccc1)(c1ccccc1)c1ccccc1.[Li+]. The van der Waals surface area contributed by atoms with Gasteiger partial charge in [-0.1, -0.05) is 129 Å². The van der Waals surface area contributed by atoms with Gasteiger partial charge in [-0.3, -0.25) is 0 Å². The molecule has 0 radical (unpaired) electrons. The minimum Gasteiger partial charge on any atom is -0.567 e. The summed E-state index contributed by atoms with van der Waals surface area (Å²) in [5.74, 6) is 1.68. The molecule has 1 fully saturated rings. The van der Waals surface area contributed by atoms with Crippen molar-refractivity contribution in [3.63, 3.8) is 0 Å². The molecule has 2 heteroatoms. The number of benzene rings is 3. The van der Waals surface area contributed by atoms with Crippen LogP contribution in [0.5, 0.6) is 0 Å². The van der Waals surface area contributed by atoms with E-state index in [-0.39, 0.29) is 18.9 Å². The number of ether oxygens (including phenoxy) is 1. The Labute approximate surface area is 193 Å². The van der Waals surface area contributed by atoms with Gasteiger partial charge in [-0.2, -0.15) is 6.08 Å². The van der Waals surface area contributed by atoms with Crippen LogP contribution in [0.4, 0.5) is 0 Å². The molecular weight excluding hydrogens is 359 g/mol. The molecule has 0 heterocycles. The van der Waals surface area contributed by atoms with Crippen LogP contribution < -0.4 is 18.9 Å². The molecular formula is C28H29LiO. The van der Waals surface area contributed by atoms with Crippen LogP contribution in [0.25, 0.3) is 0 Å². The van der Waals surface area contributed by atoms with Crippen LogP contribution in [0.1, 0.15) is 48.8 Å². The molecule has 1 nitrogen and oxygen atoms in total. The van der Waals surface area contributed by atoms with E-state index in [0.29, 0.717) is 5.92 Å². The maximum Gasteiger partial charge on any atom is 1.00 e. The van der Waals surface area contributed by atoms with Crippen molar-refractivity contribution >= 4 is 0 Å². The summed E-state index contributed by atoms with van der Waals surface area (Å²) in [5.41, 5.74) is 2.68. The normalized spacial score (nSPS) is 14.9. The number of rotatable bonds is 7. The maximum absolute atomic E-state index is 7.01. The Morgan fingerprint density at radius 3 is 1.53 bits per heavy atom. The van der Waals surface area contributed by atoms with Crippen molar-refractivity contribution in [2.75, 3.05) is 0 Å². The van der Waals surface area contributed by atoms with Crippen LogP contribution in [0, 0.1) is 12.8 Å². The molecule has 0 N–H and O–H groups in total. The third kappa shape index (κ3) is 4.70. The summed E-state index contributed by atoms with van der Waals surface area (Å²) < 4.78 is 7.01. The second-order valence-electron chi connectivity index (χ2n) is 7.91. The van der Waals surface area contributed by atoms with E-state index in [9.17, 15) is 0 Å². The molecule has 0 spiro atoms. The fourth-order valence-electron chi connectivity index (χ4n) is 4.56. The Bertz CT molecular complexity index is 816. The first kappa shape index (κ1) is 22.4. The van der Waals surface area contributed by atoms with Crippen molar-refractivity contribution in [2.45, 2.75) is 37.7 Å². The van der Waals surface area contributed by atoms with Crippen molar-refractivity contribution in [3.8, 4) is 0 Å². The molecule has 30 heavy (non-hydrogen) atoms. The molecule has 3 aromatic carbocycles. The van der Waals surface area contributed by atoms with Gasteiger partial charge in [0, 0.05) is 16.7 Å². The predicted octanol–water partition coefficient (Wildman–Crippen LogP) is 4.30. The summed E-state index contributed by atoms with van der Waals surface area (Å²) in [6.07, 6.45) is 8.11. The summed E-state index contributed by atoms with van der Waals surface area (Å²) in [4.78, 5) is 0. The zero-order valence-corrected chi connectivity index (χ0v) is 18.0. The van der Waals surface area contributed by atoms with Gasteiger partial charge in [0.05, 0.1) is 0 Å². The largest absolute Gasteiger partial charge is 1.00 e. The second kappa shape index (κ2) is 10.6. The van der Waals surface area contributed by atoms with E-state index in [1.165, 1.54) is 25.7 Å². The van der Waals surface area contributed by atoms with Crippen molar-refractivity contribution in [3.05, 3.63) is 126 Å². The molecule has 4 rings (SSSR count). The van der Waals surface area contributed by atoms with E-state index < -0.39 is 5.60 Å². The molecule has 1 aliphatic carbocycles. The Morgan fingerprint density at radius 2 is 1.17 bits per heavy atom. The van der Waals surface area contributed by atoms with Gasteiger partial charge in [0.1, 0.15) is 0 Å². The van der Waals surface area contributed by atoms with Crippen LogP contribution >= 0.6 is 0 Å². The first-order valence-electron chi connectivity index (χ1n) is 10.7. The monoisotopic (exact) mass is 388 g/mol. The van der Waals surface area contributed by atoms with Crippen molar-refractivity contribution in [2.24, 2.45) is 5.92 Å². The van der Waals surface area contributed by atoms with E-state index in [2.05, 4.69) is 97.9 Å². The minimum absolute atomic E-state index is 0. The summed E-state index contributed by atoms with van der Waals surface area (Å²) in [5, 5.41) is 0. The number of hydrogen-bond acceptors (Lipinski definition) is 1. The quantitative estimate of drug-likeness (QED) is 0.254. The summed E-state index contributed by atoms with van der Waals surface area (Å²) in [6, 6.07) is 31.7. The third-order valence-corrected chi connectivity index (χ3v) is 6.02. The van der Waals surface area contributed by atoms with Crippen molar-refractivity contribution < 1.29 is 23.6 Å². The van der Waals surface area contributed by atoms with E-state index in [0.717, 1.165) is 28.9 Å². The van der Waals surface area contributed by atoms with Crippen molar-refractivity contribution in [1.82, 2.24) is 0 Å². The van der Waals surface area contributed by atoms with E-state index in [1.807, 2.05) is 6.08 Å². The smallest absolute Gasteiger partial charge is 0.567 e. The van der Waals surface area contributed by atoms with Crippen molar-refractivity contribution in [1.29, 1.82) is 0 Å². The van der Waals surface area contributed by atoms with Gasteiger partial charge in [-0.15, -0.1) is 0 Å². The average molecular weight is 388 g/mol. The van der Waals surface area contributed by atoms with E-state index >= 15 is 0 Å². The molecule has 0 saturated heterocycles. The fraction of sp³-hybridized carbons (Fsp3) is 0.250. The van der Waals surface area contributed by atoms with Crippen LogP contribution in [-0.2, 0) is 10.3 Å². The van der Waals surface area contributed by atoms with Gasteiger partial charge in [0.15, 0.2) is 5.60 Å². The molecule has 0 aliphatic heterocycles. The Hall–Kier alpha value is -2.33. The molecule has 0 bridgehead atoms. The maximum atomic E-state index is 7.01. The Morgan fingerprint density at radius 1 is 0.767 bits per heavy atom. The van der Waals surface area contributed by atoms with Crippen LogP contribution in [0.15, 0.2) is 103 Å². The van der Waals surface area contributed by atoms with Gasteiger partial charge in [0.25, 0.3) is 0 Å². The fourth-order valence-corrected chi connectivity index (χ4v) is 4.56. The Balaban J connectivity index is 0.00000256. The molecule has 0 atom stereocenters. The van der Waals surface area contributed by atoms with Gasteiger partial charge in [-0.05, 0) is 5.92 Å². The average Bonchev–Trinajstić information content (AvgIpc) is 3.31. The van der Waals surface area contributed by atoms with Crippen LogP contribution in [0.3, 0.4) is 0 Å². The zero-order chi connectivity index (χ0) is 19.9. The van der Waals surface area contributed by atoms with E-state index in [4.69, 9.17) is 4.74 Å². The van der Waals surface area contributed by atoms with Crippen LogP contribution in [0.2, 0.25) is 0 Å². The standard InChI is InChI=1S/C28H29O.Li/c1-2-27(22-23-14-12-13-15-23)29-28(24-16-6-3-7-17-24,25-18-8-4-9-19-25)26-20-10-5-11-21-26;/h2-11,16-21,23H,1,12-15,22H2;/q-1;+1. The second-order valence-corrected chi connectivity index (χ2v) is 7.91. The van der Waals surface area contributed by atoms with Crippen LogP contribution in [-0.4, -0.2) is 0 Å².